The van der Waals surface area contributed by atoms with Gasteiger partial charge in [-0.1, -0.05) is 52.2 Å². The second-order valence-electron chi connectivity index (χ2n) is 8.14. The summed E-state index contributed by atoms with van der Waals surface area (Å²) < 4.78 is 13.7. The van der Waals surface area contributed by atoms with Crippen LogP contribution in [0.4, 0.5) is 0 Å². The van der Waals surface area contributed by atoms with Crippen molar-refractivity contribution in [2.75, 3.05) is 7.11 Å². The molecule has 0 radical (unpaired) electrons. The SMILES string of the molecule is COc1cc(/C=c2\sc3nc4cc(C)c(C)cc4n3c2=O)cc(Cl)c1OCc1ccc(Cl)c(Cl)c1. The molecule has 0 saturated carbocycles. The molecule has 9 heteroatoms. The molecule has 0 N–H and O–H groups in total. The highest BCUT2D eigenvalue weighted by atomic mass is 35.5. The molecule has 5 rings (SSSR count). The van der Waals surface area contributed by atoms with E-state index in [0.717, 1.165) is 27.7 Å². The largest absolute Gasteiger partial charge is 0.493 e. The Balaban J connectivity index is 1.51. The summed E-state index contributed by atoms with van der Waals surface area (Å²) >= 11 is 20.0. The van der Waals surface area contributed by atoms with Gasteiger partial charge in [-0.25, -0.2) is 9.38 Å². The zero-order valence-electron chi connectivity index (χ0n) is 19.0. The van der Waals surface area contributed by atoms with Crippen molar-refractivity contribution < 1.29 is 9.47 Å². The number of nitrogens with zero attached hydrogens (tertiary/aromatic N) is 2. The monoisotopic (exact) mass is 544 g/mol. The number of hydrogen-bond donors (Lipinski definition) is 0. The third kappa shape index (κ3) is 4.47. The Morgan fingerprint density at radius 2 is 1.77 bits per heavy atom. The quantitative estimate of drug-likeness (QED) is 0.249. The first kappa shape index (κ1) is 23.9. The number of imidazole rings is 1. The van der Waals surface area contributed by atoms with Gasteiger partial charge in [0.25, 0.3) is 5.56 Å². The van der Waals surface area contributed by atoms with Crippen molar-refractivity contribution in [2.45, 2.75) is 20.5 Å². The molecule has 0 bridgehead atoms. The smallest absolute Gasteiger partial charge is 0.274 e. The first-order valence-corrected chi connectivity index (χ1v) is 12.6. The number of hydrogen-bond acceptors (Lipinski definition) is 5. The highest BCUT2D eigenvalue weighted by Gasteiger charge is 2.15. The molecular formula is C26H19Cl3N2O3S. The lowest BCUT2D eigenvalue weighted by atomic mass is 10.1. The molecule has 5 nitrogen and oxygen atoms in total. The third-order valence-electron chi connectivity index (χ3n) is 5.77. The second kappa shape index (κ2) is 9.36. The molecule has 2 aromatic heterocycles. The molecule has 5 aromatic rings. The molecule has 0 aliphatic rings. The van der Waals surface area contributed by atoms with E-state index >= 15 is 0 Å². The number of ether oxygens (including phenoxy) is 2. The fourth-order valence-electron chi connectivity index (χ4n) is 3.82. The van der Waals surface area contributed by atoms with Gasteiger partial charge < -0.3 is 9.47 Å². The Morgan fingerprint density at radius 1 is 1.00 bits per heavy atom. The van der Waals surface area contributed by atoms with Gasteiger partial charge in [0.1, 0.15) is 6.61 Å². The molecule has 178 valence electrons. The average Bonchev–Trinajstić information content (AvgIpc) is 3.30. The molecule has 0 saturated heterocycles. The van der Waals surface area contributed by atoms with Crippen molar-refractivity contribution >= 4 is 68.2 Å². The molecule has 0 fully saturated rings. The van der Waals surface area contributed by atoms with Crippen molar-refractivity contribution in [1.29, 1.82) is 0 Å². The van der Waals surface area contributed by atoms with Gasteiger partial charge >= 0.3 is 0 Å². The summed E-state index contributed by atoms with van der Waals surface area (Å²) in [5.41, 5.74) is 5.32. The minimum atomic E-state index is -0.120. The van der Waals surface area contributed by atoms with E-state index in [2.05, 4.69) is 4.98 Å². The van der Waals surface area contributed by atoms with E-state index in [4.69, 9.17) is 44.3 Å². The Kier molecular flexibility index (Phi) is 6.40. The number of thiazole rings is 1. The fraction of sp³-hybridized carbons (Fsp3) is 0.154. The van der Waals surface area contributed by atoms with Gasteiger partial charge in [-0.15, -0.1) is 0 Å². The first-order valence-electron chi connectivity index (χ1n) is 10.6. The van der Waals surface area contributed by atoms with Crippen molar-refractivity contribution in [2.24, 2.45) is 0 Å². The lowest BCUT2D eigenvalue weighted by molar-refractivity contribution is 0.284. The van der Waals surface area contributed by atoms with E-state index in [1.165, 1.54) is 18.4 Å². The molecule has 0 amide bonds. The Bertz CT molecular complexity index is 1730. The van der Waals surface area contributed by atoms with Crippen LogP contribution < -0.4 is 19.6 Å². The lowest BCUT2D eigenvalue weighted by Gasteiger charge is -2.13. The summed E-state index contributed by atoms with van der Waals surface area (Å²) in [7, 11) is 1.54. The zero-order chi connectivity index (χ0) is 24.9. The number of benzene rings is 3. The van der Waals surface area contributed by atoms with Crippen LogP contribution in [-0.2, 0) is 6.61 Å². The van der Waals surface area contributed by atoms with Crippen molar-refractivity contribution in [3.63, 3.8) is 0 Å². The highest BCUT2D eigenvalue weighted by Crippen LogP contribution is 2.37. The summed E-state index contributed by atoms with van der Waals surface area (Å²) in [4.78, 5) is 18.5. The Hall–Kier alpha value is -2.77. The Morgan fingerprint density at radius 3 is 2.51 bits per heavy atom. The van der Waals surface area contributed by atoms with Crippen LogP contribution in [0.5, 0.6) is 11.5 Å². The topological polar surface area (TPSA) is 52.8 Å². The zero-order valence-corrected chi connectivity index (χ0v) is 22.1. The minimum Gasteiger partial charge on any atom is -0.493 e. The predicted molar refractivity (Wildman–Crippen MR) is 144 cm³/mol. The molecule has 35 heavy (non-hydrogen) atoms. The Labute approximate surface area is 220 Å². The van der Waals surface area contributed by atoms with Gasteiger partial charge in [-0.2, -0.15) is 0 Å². The summed E-state index contributed by atoms with van der Waals surface area (Å²) in [5.74, 6) is 0.853. The molecule has 0 aliphatic heterocycles. The normalized spacial score (nSPS) is 12.1. The summed E-state index contributed by atoms with van der Waals surface area (Å²) in [6.45, 7) is 4.29. The number of methoxy groups -OCH3 is 1. The maximum absolute atomic E-state index is 13.2. The van der Waals surface area contributed by atoms with E-state index in [1.54, 1.807) is 34.7 Å². The predicted octanol–water partition coefficient (Wildman–Crippen LogP) is 6.62. The second-order valence-corrected chi connectivity index (χ2v) is 10.4. The van der Waals surface area contributed by atoms with Gasteiger partial charge in [0.15, 0.2) is 16.5 Å². The third-order valence-corrected chi connectivity index (χ3v) is 7.76. The fourth-order valence-corrected chi connectivity index (χ4v) is 5.40. The summed E-state index contributed by atoms with van der Waals surface area (Å²) in [6.07, 6.45) is 1.78. The van der Waals surface area contributed by atoms with E-state index in [-0.39, 0.29) is 12.2 Å². The van der Waals surface area contributed by atoms with E-state index in [0.29, 0.717) is 41.6 Å². The van der Waals surface area contributed by atoms with Gasteiger partial charge in [-0.3, -0.25) is 4.79 Å². The number of rotatable bonds is 5. The van der Waals surface area contributed by atoms with Crippen LogP contribution in [0, 0.1) is 13.8 Å². The van der Waals surface area contributed by atoms with E-state index in [9.17, 15) is 4.79 Å². The standard InChI is InChI=1S/C26H19Cl3N2O3S/c1-13-6-20-21(7-14(13)2)31-25(32)23(35-26(31)30-20)11-16-9-19(29)24(22(10-16)33-3)34-12-15-4-5-17(27)18(28)8-15/h4-11H,12H2,1-3H3/b23-11-. The maximum Gasteiger partial charge on any atom is 0.274 e. The molecule has 3 aromatic carbocycles. The van der Waals surface area contributed by atoms with Crippen molar-refractivity contribution in [3.05, 3.63) is 94.7 Å². The van der Waals surface area contributed by atoms with Crippen LogP contribution in [-0.4, -0.2) is 16.5 Å². The molecule has 2 heterocycles. The molecule has 0 aliphatic carbocycles. The van der Waals surface area contributed by atoms with Crippen LogP contribution in [0.1, 0.15) is 22.3 Å². The van der Waals surface area contributed by atoms with Crippen LogP contribution >= 0.6 is 46.1 Å². The number of halogens is 3. The van der Waals surface area contributed by atoms with E-state index < -0.39 is 0 Å². The van der Waals surface area contributed by atoms with Gasteiger partial charge in [0.2, 0.25) is 0 Å². The summed E-state index contributed by atoms with van der Waals surface area (Å²) in [6, 6.07) is 12.8. The lowest BCUT2D eigenvalue weighted by Crippen LogP contribution is -2.22. The van der Waals surface area contributed by atoms with Gasteiger partial charge in [0.05, 0.1) is 37.7 Å². The average molecular weight is 546 g/mol. The van der Waals surface area contributed by atoms with Gasteiger partial charge in [0, 0.05) is 0 Å². The van der Waals surface area contributed by atoms with Crippen molar-refractivity contribution in [3.8, 4) is 11.5 Å². The highest BCUT2D eigenvalue weighted by molar-refractivity contribution is 7.15. The maximum atomic E-state index is 13.2. The van der Waals surface area contributed by atoms with Crippen LogP contribution in [0.3, 0.4) is 0 Å². The minimum absolute atomic E-state index is 0.120. The number of aromatic nitrogens is 2. The molecule has 0 spiro atoms. The molecule has 0 atom stereocenters. The van der Waals surface area contributed by atoms with Crippen molar-refractivity contribution in [1.82, 2.24) is 9.38 Å². The van der Waals surface area contributed by atoms with Crippen LogP contribution in [0.25, 0.3) is 22.1 Å². The van der Waals surface area contributed by atoms with Crippen LogP contribution in [0.2, 0.25) is 15.1 Å². The van der Waals surface area contributed by atoms with Gasteiger partial charge in [-0.05, 0) is 78.6 Å². The summed E-state index contributed by atoms with van der Waals surface area (Å²) in [5, 5.41) is 1.29. The molecule has 0 unspecified atom stereocenters. The van der Waals surface area contributed by atoms with E-state index in [1.807, 2.05) is 32.0 Å². The number of fused-ring (bicyclic) bond motifs is 3. The first-order chi connectivity index (χ1) is 16.7. The van der Waals surface area contributed by atoms with Crippen LogP contribution in [0.15, 0.2) is 47.3 Å². The number of aryl methyl sites for hydroxylation is 2. The molecular weight excluding hydrogens is 527 g/mol.